The standard InChI is InChI=1S/C16H16N2O2/c1-2-15(19)18(17-14-11-7-4-8-12-14)16(20)13-9-5-3-6-10-13/h3-12,17H,2H2,1H3. The first-order valence-electron chi connectivity index (χ1n) is 6.46. The lowest BCUT2D eigenvalue weighted by molar-refractivity contribution is -0.127. The monoisotopic (exact) mass is 268 g/mol. The highest BCUT2D eigenvalue weighted by Gasteiger charge is 2.21. The molecule has 0 aliphatic heterocycles. The first-order valence-corrected chi connectivity index (χ1v) is 6.46. The number of amides is 2. The third-order valence-electron chi connectivity index (χ3n) is 2.79. The van der Waals surface area contributed by atoms with Crippen molar-refractivity contribution in [3.8, 4) is 0 Å². The number of rotatable bonds is 4. The van der Waals surface area contributed by atoms with Crippen LogP contribution in [0.1, 0.15) is 23.7 Å². The Hall–Kier alpha value is -2.62. The molecule has 20 heavy (non-hydrogen) atoms. The second kappa shape index (κ2) is 6.52. The molecule has 4 nitrogen and oxygen atoms in total. The first kappa shape index (κ1) is 13.8. The summed E-state index contributed by atoms with van der Waals surface area (Å²) in [5.74, 6) is -0.635. The lowest BCUT2D eigenvalue weighted by atomic mass is 10.2. The predicted molar refractivity (Wildman–Crippen MR) is 78.0 cm³/mol. The molecular weight excluding hydrogens is 252 g/mol. The topological polar surface area (TPSA) is 49.4 Å². The van der Waals surface area contributed by atoms with E-state index in [2.05, 4.69) is 5.43 Å². The zero-order valence-electron chi connectivity index (χ0n) is 11.2. The molecule has 4 heteroatoms. The minimum Gasteiger partial charge on any atom is -0.289 e. The molecule has 0 fully saturated rings. The van der Waals surface area contributed by atoms with Crippen LogP contribution in [0.25, 0.3) is 0 Å². The number of para-hydroxylation sites is 1. The van der Waals surface area contributed by atoms with Crippen LogP contribution < -0.4 is 5.43 Å². The number of carbonyl (C=O) groups excluding carboxylic acids is 2. The highest BCUT2D eigenvalue weighted by atomic mass is 16.2. The van der Waals surface area contributed by atoms with Gasteiger partial charge in [-0.2, -0.15) is 5.01 Å². The van der Waals surface area contributed by atoms with Gasteiger partial charge in [-0.25, -0.2) is 0 Å². The highest BCUT2D eigenvalue weighted by molar-refractivity contribution is 6.05. The Morgan fingerprint density at radius 3 is 2.05 bits per heavy atom. The Kier molecular flexibility index (Phi) is 4.50. The van der Waals surface area contributed by atoms with Gasteiger partial charge < -0.3 is 0 Å². The number of carbonyl (C=O) groups is 2. The van der Waals surface area contributed by atoms with Gasteiger partial charge in [-0.1, -0.05) is 43.3 Å². The van der Waals surface area contributed by atoms with Crippen molar-refractivity contribution in [2.45, 2.75) is 13.3 Å². The Morgan fingerprint density at radius 1 is 0.950 bits per heavy atom. The van der Waals surface area contributed by atoms with Crippen LogP contribution in [0, 0.1) is 0 Å². The van der Waals surface area contributed by atoms with Gasteiger partial charge in [-0.15, -0.1) is 0 Å². The third-order valence-corrected chi connectivity index (χ3v) is 2.79. The molecule has 2 rings (SSSR count). The maximum absolute atomic E-state index is 12.4. The van der Waals surface area contributed by atoms with Crippen LogP contribution in [-0.4, -0.2) is 16.8 Å². The average Bonchev–Trinajstić information content (AvgIpc) is 2.53. The highest BCUT2D eigenvalue weighted by Crippen LogP contribution is 2.11. The van der Waals surface area contributed by atoms with Crippen molar-refractivity contribution in [2.24, 2.45) is 0 Å². The van der Waals surface area contributed by atoms with Crippen molar-refractivity contribution < 1.29 is 9.59 Å². The molecular formula is C16H16N2O2. The molecule has 0 atom stereocenters. The number of imide groups is 1. The number of anilines is 1. The summed E-state index contributed by atoms with van der Waals surface area (Å²) in [5.41, 5.74) is 4.03. The van der Waals surface area contributed by atoms with Crippen LogP contribution in [0.2, 0.25) is 0 Å². The van der Waals surface area contributed by atoms with E-state index in [0.29, 0.717) is 11.3 Å². The van der Waals surface area contributed by atoms with Gasteiger partial charge in [0.2, 0.25) is 5.91 Å². The van der Waals surface area contributed by atoms with E-state index in [4.69, 9.17) is 0 Å². The number of hydrogen-bond acceptors (Lipinski definition) is 3. The SMILES string of the molecule is CCC(=O)N(Nc1ccccc1)C(=O)c1ccccc1. The van der Waals surface area contributed by atoms with Crippen LogP contribution in [0.4, 0.5) is 5.69 Å². The fourth-order valence-corrected chi connectivity index (χ4v) is 1.74. The second-order valence-corrected chi connectivity index (χ2v) is 4.23. The summed E-state index contributed by atoms with van der Waals surface area (Å²) >= 11 is 0. The zero-order chi connectivity index (χ0) is 14.4. The fraction of sp³-hybridized carbons (Fsp3) is 0.125. The van der Waals surface area contributed by atoms with Crippen LogP contribution in [0.5, 0.6) is 0 Å². The number of benzene rings is 2. The number of hydrogen-bond donors (Lipinski definition) is 1. The smallest absolute Gasteiger partial charge is 0.279 e. The average molecular weight is 268 g/mol. The Balaban J connectivity index is 2.24. The van der Waals surface area contributed by atoms with Gasteiger partial charge in [-0.05, 0) is 24.3 Å². The van der Waals surface area contributed by atoms with Crippen molar-refractivity contribution in [2.75, 3.05) is 5.43 Å². The summed E-state index contributed by atoms with van der Waals surface area (Å²) in [4.78, 5) is 24.4. The Bertz CT molecular complexity index is 582. The summed E-state index contributed by atoms with van der Waals surface area (Å²) in [5, 5.41) is 1.06. The van der Waals surface area contributed by atoms with Crippen LogP contribution in [-0.2, 0) is 4.79 Å². The molecule has 0 bridgehead atoms. The van der Waals surface area contributed by atoms with Gasteiger partial charge in [0.05, 0.1) is 5.69 Å². The van der Waals surface area contributed by atoms with Gasteiger partial charge in [0, 0.05) is 12.0 Å². The van der Waals surface area contributed by atoms with E-state index in [1.165, 1.54) is 0 Å². The third kappa shape index (κ3) is 3.23. The summed E-state index contributed by atoms with van der Waals surface area (Å²) < 4.78 is 0. The summed E-state index contributed by atoms with van der Waals surface area (Å²) in [7, 11) is 0. The Labute approximate surface area is 118 Å². The van der Waals surface area contributed by atoms with E-state index in [-0.39, 0.29) is 18.2 Å². The molecule has 2 amide bonds. The van der Waals surface area contributed by atoms with Crippen molar-refractivity contribution in [1.82, 2.24) is 5.01 Å². The lowest BCUT2D eigenvalue weighted by Crippen LogP contribution is -2.41. The second-order valence-electron chi connectivity index (χ2n) is 4.23. The predicted octanol–water partition coefficient (Wildman–Crippen LogP) is 3.09. The molecule has 0 unspecified atom stereocenters. The van der Waals surface area contributed by atoms with Crippen LogP contribution >= 0.6 is 0 Å². The minimum absolute atomic E-state index is 0.248. The molecule has 0 aromatic heterocycles. The van der Waals surface area contributed by atoms with Crippen LogP contribution in [0.3, 0.4) is 0 Å². The van der Waals surface area contributed by atoms with E-state index in [9.17, 15) is 9.59 Å². The first-order chi connectivity index (χ1) is 9.72. The normalized spacial score (nSPS) is 9.85. The maximum Gasteiger partial charge on any atom is 0.279 e. The number of nitrogens with zero attached hydrogens (tertiary/aromatic N) is 1. The van der Waals surface area contributed by atoms with E-state index in [0.717, 1.165) is 5.01 Å². The molecule has 0 saturated carbocycles. The maximum atomic E-state index is 12.4. The molecule has 1 N–H and O–H groups in total. The molecule has 0 saturated heterocycles. The molecule has 102 valence electrons. The quantitative estimate of drug-likeness (QED) is 0.867. The van der Waals surface area contributed by atoms with Gasteiger partial charge in [0.15, 0.2) is 0 Å². The van der Waals surface area contributed by atoms with E-state index in [1.54, 1.807) is 43.3 Å². The summed E-state index contributed by atoms with van der Waals surface area (Å²) in [6.07, 6.45) is 0.248. The summed E-state index contributed by atoms with van der Waals surface area (Å²) in [6, 6.07) is 17.9. The number of hydrazine groups is 1. The molecule has 0 aliphatic rings. The van der Waals surface area contributed by atoms with E-state index in [1.807, 2.05) is 24.3 Å². The van der Waals surface area contributed by atoms with Gasteiger partial charge in [0.25, 0.3) is 5.91 Å². The Morgan fingerprint density at radius 2 is 1.50 bits per heavy atom. The summed E-state index contributed by atoms with van der Waals surface area (Å²) in [6.45, 7) is 1.72. The molecule has 0 radical (unpaired) electrons. The zero-order valence-corrected chi connectivity index (χ0v) is 11.2. The van der Waals surface area contributed by atoms with Crippen molar-refractivity contribution in [3.63, 3.8) is 0 Å². The van der Waals surface area contributed by atoms with Gasteiger partial charge >= 0.3 is 0 Å². The van der Waals surface area contributed by atoms with Crippen LogP contribution in [0.15, 0.2) is 60.7 Å². The molecule has 0 heterocycles. The van der Waals surface area contributed by atoms with E-state index >= 15 is 0 Å². The molecule has 2 aromatic carbocycles. The van der Waals surface area contributed by atoms with Crippen molar-refractivity contribution in [1.29, 1.82) is 0 Å². The van der Waals surface area contributed by atoms with Gasteiger partial charge in [-0.3, -0.25) is 15.0 Å². The van der Waals surface area contributed by atoms with E-state index < -0.39 is 0 Å². The minimum atomic E-state index is -0.360. The molecule has 0 spiro atoms. The lowest BCUT2D eigenvalue weighted by Gasteiger charge is -2.22. The largest absolute Gasteiger partial charge is 0.289 e. The van der Waals surface area contributed by atoms with Crippen molar-refractivity contribution >= 4 is 17.5 Å². The number of nitrogens with one attached hydrogen (secondary N) is 1. The van der Waals surface area contributed by atoms with Gasteiger partial charge in [0.1, 0.15) is 0 Å². The van der Waals surface area contributed by atoms with Crippen molar-refractivity contribution in [3.05, 3.63) is 66.2 Å². The fourth-order valence-electron chi connectivity index (χ4n) is 1.74. The molecule has 0 aliphatic carbocycles. The molecule has 2 aromatic rings.